The summed E-state index contributed by atoms with van der Waals surface area (Å²) in [5, 5.41) is 14.2. The predicted molar refractivity (Wildman–Crippen MR) is 99.8 cm³/mol. The third kappa shape index (κ3) is 4.46. The number of aliphatic carboxylic acids is 1. The number of amides is 3. The monoisotopic (exact) mass is 401 g/mol. The molecule has 1 aliphatic heterocycles. The molecule has 1 aliphatic rings. The summed E-state index contributed by atoms with van der Waals surface area (Å²) in [6, 6.07) is 8.16. The number of benzene rings is 1. The molecule has 0 bridgehead atoms. The first kappa shape index (κ1) is 19.4. The molecule has 10 heteroatoms. The van der Waals surface area contributed by atoms with Gasteiger partial charge in [0.25, 0.3) is 0 Å². The van der Waals surface area contributed by atoms with Gasteiger partial charge in [0.05, 0.1) is 5.25 Å². The number of rotatable bonds is 6. The molecule has 0 aliphatic carbocycles. The first-order valence-electron chi connectivity index (χ1n) is 8.12. The van der Waals surface area contributed by atoms with Gasteiger partial charge in [-0.2, -0.15) is 0 Å². The Hall–Kier alpha value is -3.40. The van der Waals surface area contributed by atoms with E-state index in [1.165, 1.54) is 17.8 Å². The quantitative estimate of drug-likeness (QED) is 0.555. The second-order valence-electron chi connectivity index (χ2n) is 5.86. The number of hydrogen-bond donors (Lipinski definition) is 2. The van der Waals surface area contributed by atoms with Gasteiger partial charge in [0.1, 0.15) is 5.76 Å². The standard InChI is InChI=1S/C18H15N3O6S/c1-10-8-14(20-27-10)21-16(23)9-13(18(21)26)28-12-4-2-11(3-5-12)19-15(22)6-7-17(24)25/h2-8,13H,9H2,1H3,(H,19,22)(H,24,25)/b7-6+/t13-/m0/s1. The van der Waals surface area contributed by atoms with Crippen LogP contribution in [0.1, 0.15) is 12.2 Å². The van der Waals surface area contributed by atoms with Crippen LogP contribution in [0, 0.1) is 6.92 Å². The molecule has 0 radical (unpaired) electrons. The largest absolute Gasteiger partial charge is 0.478 e. The van der Waals surface area contributed by atoms with E-state index in [1.54, 1.807) is 31.2 Å². The Morgan fingerprint density at radius 1 is 1.29 bits per heavy atom. The molecule has 0 spiro atoms. The lowest BCUT2D eigenvalue weighted by Gasteiger charge is -2.11. The van der Waals surface area contributed by atoms with Gasteiger partial charge in [-0.1, -0.05) is 5.16 Å². The van der Waals surface area contributed by atoms with Crippen LogP contribution < -0.4 is 10.2 Å². The molecule has 2 heterocycles. The van der Waals surface area contributed by atoms with Crippen molar-refractivity contribution in [2.75, 3.05) is 10.2 Å². The van der Waals surface area contributed by atoms with Crippen molar-refractivity contribution in [3.8, 4) is 0 Å². The number of hydrogen-bond acceptors (Lipinski definition) is 7. The highest BCUT2D eigenvalue weighted by Crippen LogP contribution is 2.34. The highest BCUT2D eigenvalue weighted by Gasteiger charge is 2.41. The van der Waals surface area contributed by atoms with Crippen LogP contribution in [0.15, 0.2) is 51.9 Å². The summed E-state index contributed by atoms with van der Waals surface area (Å²) in [6.07, 6.45) is 1.70. The normalized spacial score (nSPS) is 16.8. The Bertz CT molecular complexity index is 966. The molecule has 1 atom stereocenters. The smallest absolute Gasteiger partial charge is 0.328 e. The molecule has 1 aromatic carbocycles. The molecule has 0 unspecified atom stereocenters. The average Bonchev–Trinajstić information content (AvgIpc) is 3.17. The summed E-state index contributed by atoms with van der Waals surface area (Å²) in [4.78, 5) is 48.5. The van der Waals surface area contributed by atoms with E-state index in [0.29, 0.717) is 11.4 Å². The maximum Gasteiger partial charge on any atom is 0.328 e. The van der Waals surface area contributed by atoms with Crippen molar-refractivity contribution in [1.82, 2.24) is 5.16 Å². The first-order valence-corrected chi connectivity index (χ1v) is 9.00. The molecule has 3 rings (SSSR count). The lowest BCUT2D eigenvalue weighted by molar-refractivity contribution is -0.131. The predicted octanol–water partition coefficient (Wildman–Crippen LogP) is 1.99. The van der Waals surface area contributed by atoms with Crippen molar-refractivity contribution in [3.05, 3.63) is 48.2 Å². The van der Waals surface area contributed by atoms with Crippen molar-refractivity contribution in [2.24, 2.45) is 0 Å². The van der Waals surface area contributed by atoms with Gasteiger partial charge in [0.2, 0.25) is 17.7 Å². The number of thioether (sulfide) groups is 1. The summed E-state index contributed by atoms with van der Waals surface area (Å²) < 4.78 is 4.93. The zero-order valence-corrected chi connectivity index (χ0v) is 15.4. The summed E-state index contributed by atoms with van der Waals surface area (Å²) in [5.74, 6) is -1.81. The number of carboxylic acids is 1. The molecule has 1 fully saturated rings. The highest BCUT2D eigenvalue weighted by molar-refractivity contribution is 8.00. The molecule has 144 valence electrons. The lowest BCUT2D eigenvalue weighted by Crippen LogP contribution is -2.31. The Kier molecular flexibility index (Phi) is 5.59. The maximum absolute atomic E-state index is 12.6. The molecular formula is C18H15N3O6S. The van der Waals surface area contributed by atoms with Crippen LogP contribution in [0.3, 0.4) is 0 Å². The van der Waals surface area contributed by atoms with Crippen LogP contribution >= 0.6 is 11.8 Å². The van der Waals surface area contributed by atoms with E-state index in [-0.39, 0.29) is 24.1 Å². The molecule has 9 nitrogen and oxygen atoms in total. The molecule has 2 aromatic rings. The minimum atomic E-state index is -1.22. The van der Waals surface area contributed by atoms with Gasteiger partial charge in [-0.25, -0.2) is 9.69 Å². The SMILES string of the molecule is Cc1cc(N2C(=O)C[C@H](Sc3ccc(NC(=O)/C=C/C(=O)O)cc3)C2=O)no1. The van der Waals surface area contributed by atoms with E-state index in [1.807, 2.05) is 0 Å². The number of nitrogens with one attached hydrogen (secondary N) is 1. The second kappa shape index (κ2) is 8.09. The highest BCUT2D eigenvalue weighted by atomic mass is 32.2. The Morgan fingerprint density at radius 3 is 2.61 bits per heavy atom. The number of nitrogens with zero attached hydrogens (tertiary/aromatic N) is 2. The van der Waals surface area contributed by atoms with Crippen LogP contribution in [0.25, 0.3) is 0 Å². The molecule has 0 saturated carbocycles. The number of carbonyl (C=O) groups is 4. The van der Waals surface area contributed by atoms with Crippen molar-refractivity contribution in [3.63, 3.8) is 0 Å². The fraction of sp³-hybridized carbons (Fsp3) is 0.167. The van der Waals surface area contributed by atoms with Crippen molar-refractivity contribution in [2.45, 2.75) is 23.5 Å². The van der Waals surface area contributed by atoms with Crippen LogP contribution in [0.4, 0.5) is 11.5 Å². The van der Waals surface area contributed by atoms with Gasteiger partial charge in [0.15, 0.2) is 5.82 Å². The molecular weight excluding hydrogens is 386 g/mol. The van der Waals surface area contributed by atoms with Crippen LogP contribution in [-0.2, 0) is 19.2 Å². The van der Waals surface area contributed by atoms with E-state index in [2.05, 4.69) is 10.5 Å². The fourth-order valence-electron chi connectivity index (χ4n) is 2.51. The Labute approximate surface area is 163 Å². The third-order valence-corrected chi connectivity index (χ3v) is 4.92. The zero-order chi connectivity index (χ0) is 20.3. The molecule has 2 N–H and O–H groups in total. The van der Waals surface area contributed by atoms with Gasteiger partial charge < -0.3 is 14.9 Å². The number of aromatic nitrogens is 1. The lowest BCUT2D eigenvalue weighted by atomic mass is 10.3. The first-order chi connectivity index (χ1) is 13.3. The maximum atomic E-state index is 12.6. The van der Waals surface area contributed by atoms with Gasteiger partial charge in [0, 0.05) is 35.2 Å². The van der Waals surface area contributed by atoms with Gasteiger partial charge in [-0.3, -0.25) is 14.4 Å². The summed E-state index contributed by atoms with van der Waals surface area (Å²) >= 11 is 1.24. The Morgan fingerprint density at radius 2 is 2.00 bits per heavy atom. The number of carboxylic acid groups (broad SMARTS) is 1. The van der Waals surface area contributed by atoms with Crippen LogP contribution in [0.2, 0.25) is 0 Å². The summed E-state index contributed by atoms with van der Waals surface area (Å²) in [7, 11) is 0. The van der Waals surface area contributed by atoms with Crippen LogP contribution in [0.5, 0.6) is 0 Å². The second-order valence-corrected chi connectivity index (χ2v) is 7.14. The minimum absolute atomic E-state index is 0.0495. The van der Waals surface area contributed by atoms with Gasteiger partial charge in [-0.15, -0.1) is 11.8 Å². The van der Waals surface area contributed by atoms with Crippen molar-refractivity contribution < 1.29 is 28.8 Å². The minimum Gasteiger partial charge on any atom is -0.478 e. The number of carbonyl (C=O) groups excluding carboxylic acids is 3. The van der Waals surface area contributed by atoms with Crippen LogP contribution in [-0.4, -0.2) is 39.2 Å². The summed E-state index contributed by atoms with van der Waals surface area (Å²) in [5.41, 5.74) is 0.470. The number of imide groups is 1. The van der Waals surface area contributed by atoms with E-state index in [0.717, 1.165) is 21.9 Å². The van der Waals surface area contributed by atoms with E-state index >= 15 is 0 Å². The van der Waals surface area contributed by atoms with Gasteiger partial charge in [-0.05, 0) is 31.2 Å². The van der Waals surface area contributed by atoms with E-state index in [9.17, 15) is 19.2 Å². The van der Waals surface area contributed by atoms with E-state index < -0.39 is 17.1 Å². The van der Waals surface area contributed by atoms with E-state index in [4.69, 9.17) is 9.63 Å². The van der Waals surface area contributed by atoms with Gasteiger partial charge >= 0.3 is 5.97 Å². The number of aryl methyl sites for hydroxylation is 1. The topological polar surface area (TPSA) is 130 Å². The Balaban J connectivity index is 1.63. The molecule has 3 amide bonds. The van der Waals surface area contributed by atoms with Crippen molar-refractivity contribution >= 4 is 47.0 Å². The number of anilines is 2. The van der Waals surface area contributed by atoms with Crippen molar-refractivity contribution in [1.29, 1.82) is 0 Å². The molecule has 28 heavy (non-hydrogen) atoms. The zero-order valence-electron chi connectivity index (χ0n) is 14.6. The molecule has 1 saturated heterocycles. The summed E-state index contributed by atoms with van der Waals surface area (Å²) in [6.45, 7) is 1.67. The molecule has 1 aromatic heterocycles. The fourth-order valence-corrected chi connectivity index (χ4v) is 3.56. The third-order valence-electron chi connectivity index (χ3n) is 3.73. The average molecular weight is 401 g/mol.